The Bertz CT molecular complexity index is 431. The number of carbonyl (C=O) groups is 1. The van der Waals surface area contributed by atoms with Crippen LogP contribution in [0.2, 0.25) is 0 Å². The standard InChI is InChI=1S/C16H21NO/c1-4-7-10-14(6-3)16(18)17-15-11-8-9-13(5-2)12-15/h2,8-9,11-12,14H,4,6-7,10H2,1,3H3,(H,17,18). The first-order valence-electron chi connectivity index (χ1n) is 6.58. The van der Waals surface area contributed by atoms with Crippen LogP contribution in [0.1, 0.15) is 45.1 Å². The molecule has 0 saturated carbocycles. The lowest BCUT2D eigenvalue weighted by molar-refractivity contribution is -0.120. The highest BCUT2D eigenvalue weighted by atomic mass is 16.1. The normalized spacial score (nSPS) is 11.6. The van der Waals surface area contributed by atoms with Crippen molar-refractivity contribution in [1.82, 2.24) is 0 Å². The average molecular weight is 243 g/mol. The fraction of sp³-hybridized carbons (Fsp3) is 0.438. The summed E-state index contributed by atoms with van der Waals surface area (Å²) in [7, 11) is 0. The maximum absolute atomic E-state index is 12.1. The van der Waals surface area contributed by atoms with Crippen molar-refractivity contribution in [3.63, 3.8) is 0 Å². The van der Waals surface area contributed by atoms with Crippen molar-refractivity contribution < 1.29 is 4.79 Å². The zero-order valence-corrected chi connectivity index (χ0v) is 11.2. The molecular weight excluding hydrogens is 222 g/mol. The van der Waals surface area contributed by atoms with Gasteiger partial charge in [-0.3, -0.25) is 4.79 Å². The van der Waals surface area contributed by atoms with E-state index in [4.69, 9.17) is 6.42 Å². The van der Waals surface area contributed by atoms with Gasteiger partial charge >= 0.3 is 0 Å². The largest absolute Gasteiger partial charge is 0.326 e. The number of nitrogens with one attached hydrogen (secondary N) is 1. The van der Waals surface area contributed by atoms with E-state index < -0.39 is 0 Å². The molecule has 96 valence electrons. The van der Waals surface area contributed by atoms with Crippen LogP contribution in [0.5, 0.6) is 0 Å². The maximum atomic E-state index is 12.1. The van der Waals surface area contributed by atoms with Crippen LogP contribution in [-0.2, 0) is 4.79 Å². The molecule has 0 spiro atoms. The third-order valence-electron chi connectivity index (χ3n) is 3.07. The molecule has 2 nitrogen and oxygen atoms in total. The highest BCUT2D eigenvalue weighted by molar-refractivity contribution is 5.92. The molecule has 1 rings (SSSR count). The molecule has 0 aromatic heterocycles. The Labute approximate surface area is 110 Å². The number of unbranched alkanes of at least 4 members (excludes halogenated alkanes) is 1. The Morgan fingerprint density at radius 2 is 2.22 bits per heavy atom. The first kappa shape index (κ1) is 14.3. The van der Waals surface area contributed by atoms with Crippen LogP contribution >= 0.6 is 0 Å². The highest BCUT2D eigenvalue weighted by Crippen LogP contribution is 2.16. The minimum Gasteiger partial charge on any atom is -0.326 e. The molecule has 0 bridgehead atoms. The zero-order valence-electron chi connectivity index (χ0n) is 11.2. The molecule has 0 heterocycles. The fourth-order valence-corrected chi connectivity index (χ4v) is 1.90. The van der Waals surface area contributed by atoms with Gasteiger partial charge in [-0.2, -0.15) is 0 Å². The number of benzene rings is 1. The lowest BCUT2D eigenvalue weighted by Crippen LogP contribution is -2.22. The minimum atomic E-state index is 0.0967. The van der Waals surface area contributed by atoms with E-state index in [0.717, 1.165) is 36.9 Å². The number of rotatable bonds is 6. The smallest absolute Gasteiger partial charge is 0.227 e. The molecule has 1 amide bonds. The zero-order chi connectivity index (χ0) is 13.4. The second kappa shape index (κ2) is 7.55. The molecule has 0 aliphatic heterocycles. The molecule has 1 unspecified atom stereocenters. The molecule has 1 atom stereocenters. The number of amides is 1. The summed E-state index contributed by atoms with van der Waals surface area (Å²) < 4.78 is 0. The van der Waals surface area contributed by atoms with E-state index in [1.807, 2.05) is 24.3 Å². The summed E-state index contributed by atoms with van der Waals surface area (Å²) in [6, 6.07) is 7.40. The van der Waals surface area contributed by atoms with Crippen molar-refractivity contribution >= 4 is 11.6 Å². The number of hydrogen-bond acceptors (Lipinski definition) is 1. The van der Waals surface area contributed by atoms with Crippen molar-refractivity contribution in [3.05, 3.63) is 29.8 Å². The second-order valence-corrected chi connectivity index (χ2v) is 4.46. The van der Waals surface area contributed by atoms with Crippen LogP contribution < -0.4 is 5.32 Å². The second-order valence-electron chi connectivity index (χ2n) is 4.46. The van der Waals surface area contributed by atoms with Crippen LogP contribution in [0.3, 0.4) is 0 Å². The molecule has 1 aromatic rings. The summed E-state index contributed by atoms with van der Waals surface area (Å²) in [4.78, 5) is 12.1. The van der Waals surface area contributed by atoms with Gasteiger partial charge in [0.1, 0.15) is 0 Å². The van der Waals surface area contributed by atoms with E-state index in [1.54, 1.807) is 0 Å². The van der Waals surface area contributed by atoms with Gasteiger partial charge in [-0.05, 0) is 31.0 Å². The van der Waals surface area contributed by atoms with E-state index in [2.05, 4.69) is 25.1 Å². The van der Waals surface area contributed by atoms with Gasteiger partial charge < -0.3 is 5.32 Å². The molecule has 0 fully saturated rings. The number of hydrogen-bond donors (Lipinski definition) is 1. The number of anilines is 1. The van der Waals surface area contributed by atoms with Crippen molar-refractivity contribution in [2.45, 2.75) is 39.5 Å². The van der Waals surface area contributed by atoms with Crippen LogP contribution in [0, 0.1) is 18.3 Å². The first-order chi connectivity index (χ1) is 8.71. The third-order valence-corrected chi connectivity index (χ3v) is 3.07. The van der Waals surface area contributed by atoms with Crippen molar-refractivity contribution in [2.24, 2.45) is 5.92 Å². The van der Waals surface area contributed by atoms with E-state index in [1.165, 1.54) is 0 Å². The number of carbonyl (C=O) groups excluding carboxylic acids is 1. The summed E-state index contributed by atoms with van der Waals surface area (Å²) in [6.45, 7) is 4.19. The SMILES string of the molecule is C#Cc1cccc(NC(=O)C(CC)CCCC)c1. The van der Waals surface area contributed by atoms with Crippen LogP contribution in [0.15, 0.2) is 24.3 Å². The molecular formula is C16H21NO. The van der Waals surface area contributed by atoms with Gasteiger partial charge in [0, 0.05) is 17.2 Å². The Morgan fingerprint density at radius 1 is 1.44 bits per heavy atom. The van der Waals surface area contributed by atoms with Gasteiger partial charge in [0.05, 0.1) is 0 Å². The predicted octanol–water partition coefficient (Wildman–Crippen LogP) is 3.82. The lowest BCUT2D eigenvalue weighted by atomic mass is 9.98. The minimum absolute atomic E-state index is 0.0967. The van der Waals surface area contributed by atoms with Crippen molar-refractivity contribution in [2.75, 3.05) is 5.32 Å². The van der Waals surface area contributed by atoms with E-state index in [-0.39, 0.29) is 11.8 Å². The Balaban J connectivity index is 2.64. The van der Waals surface area contributed by atoms with Gasteiger partial charge in [-0.25, -0.2) is 0 Å². The van der Waals surface area contributed by atoms with Gasteiger partial charge in [0.25, 0.3) is 0 Å². The van der Waals surface area contributed by atoms with Gasteiger partial charge in [-0.1, -0.05) is 38.7 Å². The predicted molar refractivity (Wildman–Crippen MR) is 76.3 cm³/mol. The van der Waals surface area contributed by atoms with Crippen LogP contribution in [-0.4, -0.2) is 5.91 Å². The van der Waals surface area contributed by atoms with Crippen LogP contribution in [0.25, 0.3) is 0 Å². The highest BCUT2D eigenvalue weighted by Gasteiger charge is 2.15. The molecule has 0 aliphatic carbocycles. The van der Waals surface area contributed by atoms with Gasteiger partial charge in [-0.15, -0.1) is 6.42 Å². The molecule has 0 aliphatic rings. The van der Waals surface area contributed by atoms with E-state index in [0.29, 0.717) is 0 Å². The summed E-state index contributed by atoms with van der Waals surface area (Å²) >= 11 is 0. The maximum Gasteiger partial charge on any atom is 0.227 e. The summed E-state index contributed by atoms with van der Waals surface area (Å²) in [5, 5.41) is 2.94. The number of terminal acetylenes is 1. The van der Waals surface area contributed by atoms with Gasteiger partial charge in [0.2, 0.25) is 5.91 Å². The molecule has 1 aromatic carbocycles. The van der Waals surface area contributed by atoms with E-state index >= 15 is 0 Å². The summed E-state index contributed by atoms with van der Waals surface area (Å²) in [5.41, 5.74) is 1.57. The van der Waals surface area contributed by atoms with E-state index in [9.17, 15) is 4.79 Å². The topological polar surface area (TPSA) is 29.1 Å². The van der Waals surface area contributed by atoms with Gasteiger partial charge in [0.15, 0.2) is 0 Å². The molecule has 18 heavy (non-hydrogen) atoms. The average Bonchev–Trinajstić information content (AvgIpc) is 2.40. The van der Waals surface area contributed by atoms with Crippen LogP contribution in [0.4, 0.5) is 5.69 Å². The molecule has 0 radical (unpaired) electrons. The molecule has 0 saturated heterocycles. The first-order valence-corrected chi connectivity index (χ1v) is 6.58. The lowest BCUT2D eigenvalue weighted by Gasteiger charge is -2.14. The third kappa shape index (κ3) is 4.25. The Hall–Kier alpha value is -1.75. The Morgan fingerprint density at radius 3 is 2.83 bits per heavy atom. The summed E-state index contributed by atoms with van der Waals surface area (Å²) in [5.74, 6) is 2.76. The molecule has 2 heteroatoms. The summed E-state index contributed by atoms with van der Waals surface area (Å²) in [6.07, 6.45) is 9.38. The van der Waals surface area contributed by atoms with Crippen molar-refractivity contribution in [1.29, 1.82) is 0 Å². The fourth-order valence-electron chi connectivity index (χ4n) is 1.90. The van der Waals surface area contributed by atoms with Crippen molar-refractivity contribution in [3.8, 4) is 12.3 Å². The monoisotopic (exact) mass is 243 g/mol. The molecule has 1 N–H and O–H groups in total. The Kier molecular flexibility index (Phi) is 6.00. The quantitative estimate of drug-likeness (QED) is 0.756.